The third kappa shape index (κ3) is 5.00. The number of nitrogens with one attached hydrogen (secondary N) is 2. The summed E-state index contributed by atoms with van der Waals surface area (Å²) in [6.45, 7) is 5.92. The summed E-state index contributed by atoms with van der Waals surface area (Å²) in [6, 6.07) is 10.9. The predicted octanol–water partition coefficient (Wildman–Crippen LogP) is 2.91. The van der Waals surface area contributed by atoms with E-state index in [0.717, 1.165) is 11.3 Å². The van der Waals surface area contributed by atoms with Crippen LogP contribution in [0.1, 0.15) is 36.8 Å². The first-order valence-electron chi connectivity index (χ1n) is 8.27. The fourth-order valence-corrected chi connectivity index (χ4v) is 2.56. The molecule has 6 nitrogen and oxygen atoms in total. The minimum atomic E-state index is -1.26. The van der Waals surface area contributed by atoms with Crippen molar-refractivity contribution in [1.29, 1.82) is 0 Å². The number of furan rings is 1. The summed E-state index contributed by atoms with van der Waals surface area (Å²) in [6.07, 6.45) is 0. The Balaban J connectivity index is 1.84. The summed E-state index contributed by atoms with van der Waals surface area (Å²) in [5.41, 5.74) is -0.233. The molecule has 6 heteroatoms. The van der Waals surface area contributed by atoms with E-state index in [-0.39, 0.29) is 18.5 Å². The van der Waals surface area contributed by atoms with Crippen LogP contribution >= 0.6 is 0 Å². The molecule has 0 spiro atoms. The van der Waals surface area contributed by atoms with Crippen molar-refractivity contribution < 1.29 is 19.1 Å². The molecule has 1 aromatic carbocycles. The van der Waals surface area contributed by atoms with Gasteiger partial charge in [0.25, 0.3) is 0 Å². The molecule has 2 unspecified atom stereocenters. The molecule has 0 aliphatic rings. The quantitative estimate of drug-likeness (QED) is 0.720. The number of hydrogen-bond donors (Lipinski definition) is 3. The number of methoxy groups -OCH3 is 1. The smallest absolute Gasteiger partial charge is 0.314 e. The van der Waals surface area contributed by atoms with Gasteiger partial charge in [0.1, 0.15) is 22.9 Å². The number of para-hydroxylation sites is 1. The van der Waals surface area contributed by atoms with Crippen LogP contribution in [0, 0.1) is 6.92 Å². The lowest BCUT2D eigenvalue weighted by Crippen LogP contribution is -2.44. The maximum Gasteiger partial charge on any atom is 0.314 e. The Labute approximate surface area is 148 Å². The highest BCUT2D eigenvalue weighted by Gasteiger charge is 2.27. The Kier molecular flexibility index (Phi) is 6.09. The van der Waals surface area contributed by atoms with Crippen LogP contribution in [0.3, 0.4) is 0 Å². The van der Waals surface area contributed by atoms with Crippen LogP contribution in [0.5, 0.6) is 5.75 Å². The average Bonchev–Trinajstić information content (AvgIpc) is 3.05. The molecule has 0 aliphatic heterocycles. The third-order valence-corrected chi connectivity index (χ3v) is 4.10. The van der Waals surface area contributed by atoms with Crippen LogP contribution < -0.4 is 15.4 Å². The highest BCUT2D eigenvalue weighted by Crippen LogP contribution is 2.25. The van der Waals surface area contributed by atoms with E-state index < -0.39 is 5.60 Å². The molecule has 0 bridgehead atoms. The standard InChI is InChI=1S/C19H26N2O4/c1-13(15-7-5-6-8-16(15)24-4)11-20-18(22)21-12-19(3,23)17-10-9-14(2)25-17/h5-10,13,23H,11-12H2,1-4H3,(H2,20,21,22). The summed E-state index contributed by atoms with van der Waals surface area (Å²) in [4.78, 5) is 12.0. The fourth-order valence-electron chi connectivity index (χ4n) is 2.56. The van der Waals surface area contributed by atoms with Crippen LogP contribution in [0.2, 0.25) is 0 Å². The minimum Gasteiger partial charge on any atom is -0.496 e. The van der Waals surface area contributed by atoms with Gasteiger partial charge in [-0.1, -0.05) is 25.1 Å². The first kappa shape index (κ1) is 18.9. The number of benzene rings is 1. The van der Waals surface area contributed by atoms with Gasteiger partial charge >= 0.3 is 6.03 Å². The summed E-state index contributed by atoms with van der Waals surface area (Å²) >= 11 is 0. The van der Waals surface area contributed by atoms with Crippen LogP contribution in [0.4, 0.5) is 4.79 Å². The molecular weight excluding hydrogens is 320 g/mol. The normalized spacial score (nSPS) is 14.4. The number of carbonyl (C=O) groups is 1. The molecule has 2 rings (SSSR count). The van der Waals surface area contributed by atoms with E-state index in [2.05, 4.69) is 10.6 Å². The molecule has 2 atom stereocenters. The van der Waals surface area contributed by atoms with Gasteiger partial charge in [0.15, 0.2) is 0 Å². The second-order valence-electron chi connectivity index (χ2n) is 6.39. The van der Waals surface area contributed by atoms with Gasteiger partial charge in [0.05, 0.1) is 13.7 Å². The second kappa shape index (κ2) is 8.07. The van der Waals surface area contributed by atoms with Crippen LogP contribution in [-0.2, 0) is 5.60 Å². The molecular formula is C19H26N2O4. The number of urea groups is 1. The topological polar surface area (TPSA) is 83.7 Å². The number of ether oxygens (including phenoxy) is 1. The lowest BCUT2D eigenvalue weighted by atomic mass is 10.0. The van der Waals surface area contributed by atoms with E-state index in [4.69, 9.17) is 9.15 Å². The van der Waals surface area contributed by atoms with Crippen molar-refractivity contribution >= 4 is 6.03 Å². The molecule has 0 saturated carbocycles. The highest BCUT2D eigenvalue weighted by molar-refractivity contribution is 5.74. The van der Waals surface area contributed by atoms with Gasteiger partial charge in [-0.15, -0.1) is 0 Å². The van der Waals surface area contributed by atoms with Crippen molar-refractivity contribution in [3.63, 3.8) is 0 Å². The Morgan fingerprint density at radius 3 is 2.64 bits per heavy atom. The SMILES string of the molecule is COc1ccccc1C(C)CNC(=O)NCC(C)(O)c1ccc(C)o1. The average molecular weight is 346 g/mol. The van der Waals surface area contributed by atoms with Gasteiger partial charge in [0, 0.05) is 12.5 Å². The summed E-state index contributed by atoms with van der Waals surface area (Å²) in [7, 11) is 1.63. The maximum atomic E-state index is 12.0. The van der Waals surface area contributed by atoms with Crippen molar-refractivity contribution in [2.75, 3.05) is 20.2 Å². The molecule has 2 amide bonds. The molecule has 1 heterocycles. The molecule has 0 radical (unpaired) electrons. The lowest BCUT2D eigenvalue weighted by Gasteiger charge is -2.22. The van der Waals surface area contributed by atoms with E-state index in [1.54, 1.807) is 33.1 Å². The lowest BCUT2D eigenvalue weighted by molar-refractivity contribution is 0.0360. The van der Waals surface area contributed by atoms with E-state index in [1.807, 2.05) is 31.2 Å². The zero-order valence-corrected chi connectivity index (χ0v) is 15.1. The maximum absolute atomic E-state index is 12.0. The molecule has 0 aliphatic carbocycles. The number of aryl methyl sites for hydroxylation is 1. The Bertz CT molecular complexity index is 709. The summed E-state index contributed by atoms with van der Waals surface area (Å²) < 4.78 is 10.8. The first-order valence-corrected chi connectivity index (χ1v) is 8.27. The zero-order valence-electron chi connectivity index (χ0n) is 15.1. The molecule has 1 aromatic heterocycles. The van der Waals surface area contributed by atoms with Crippen LogP contribution in [0.25, 0.3) is 0 Å². The molecule has 2 aromatic rings. The van der Waals surface area contributed by atoms with E-state index >= 15 is 0 Å². The number of carbonyl (C=O) groups excluding carboxylic acids is 1. The largest absolute Gasteiger partial charge is 0.496 e. The highest BCUT2D eigenvalue weighted by atomic mass is 16.5. The Morgan fingerprint density at radius 1 is 1.28 bits per heavy atom. The molecule has 3 N–H and O–H groups in total. The van der Waals surface area contributed by atoms with Gasteiger partial charge in [-0.05, 0) is 37.6 Å². The monoisotopic (exact) mass is 346 g/mol. The van der Waals surface area contributed by atoms with Crippen molar-refractivity contribution in [3.05, 3.63) is 53.5 Å². The van der Waals surface area contributed by atoms with Crippen molar-refractivity contribution in [1.82, 2.24) is 10.6 Å². The van der Waals surface area contributed by atoms with E-state index in [9.17, 15) is 9.90 Å². The predicted molar refractivity (Wildman–Crippen MR) is 95.8 cm³/mol. The Hall–Kier alpha value is -2.47. The molecule has 0 fully saturated rings. The minimum absolute atomic E-state index is 0.0504. The first-order chi connectivity index (χ1) is 11.8. The third-order valence-electron chi connectivity index (χ3n) is 4.10. The fraction of sp³-hybridized carbons (Fsp3) is 0.421. The van der Waals surface area contributed by atoms with Crippen molar-refractivity contribution in [2.24, 2.45) is 0 Å². The zero-order chi connectivity index (χ0) is 18.4. The van der Waals surface area contributed by atoms with Crippen LogP contribution in [-0.4, -0.2) is 31.3 Å². The van der Waals surface area contributed by atoms with Gasteiger partial charge in [-0.3, -0.25) is 0 Å². The van der Waals surface area contributed by atoms with Gasteiger partial charge in [-0.2, -0.15) is 0 Å². The molecule has 25 heavy (non-hydrogen) atoms. The van der Waals surface area contributed by atoms with E-state index in [1.165, 1.54) is 0 Å². The van der Waals surface area contributed by atoms with E-state index in [0.29, 0.717) is 18.1 Å². The van der Waals surface area contributed by atoms with Crippen LogP contribution in [0.15, 0.2) is 40.8 Å². The van der Waals surface area contributed by atoms with Gasteiger partial charge < -0.3 is 24.9 Å². The molecule has 0 saturated heterocycles. The number of amides is 2. The number of aliphatic hydroxyl groups is 1. The van der Waals surface area contributed by atoms with Crippen molar-refractivity contribution in [3.8, 4) is 5.75 Å². The van der Waals surface area contributed by atoms with Gasteiger partial charge in [0.2, 0.25) is 0 Å². The number of hydrogen-bond acceptors (Lipinski definition) is 4. The summed E-state index contributed by atoms with van der Waals surface area (Å²) in [5.74, 6) is 2.03. The Morgan fingerprint density at radius 2 is 2.00 bits per heavy atom. The molecule has 136 valence electrons. The van der Waals surface area contributed by atoms with Crippen molar-refractivity contribution in [2.45, 2.75) is 32.3 Å². The summed E-state index contributed by atoms with van der Waals surface area (Å²) in [5, 5.41) is 15.9. The number of rotatable bonds is 7. The second-order valence-corrected chi connectivity index (χ2v) is 6.39. The van der Waals surface area contributed by atoms with Gasteiger partial charge in [-0.25, -0.2) is 4.79 Å².